The Balaban J connectivity index is 0.00000364. The van der Waals surface area contributed by atoms with Crippen LogP contribution in [0.3, 0.4) is 0 Å². The minimum Gasteiger partial charge on any atom is -0.491 e. The smallest absolute Gasteiger partial charge is 0.191 e. The van der Waals surface area contributed by atoms with Crippen molar-refractivity contribution in [3.8, 4) is 5.75 Å². The van der Waals surface area contributed by atoms with Gasteiger partial charge in [-0.3, -0.25) is 4.99 Å². The number of aromatic nitrogens is 3. The number of rotatable bonds is 10. The van der Waals surface area contributed by atoms with Crippen molar-refractivity contribution in [3.63, 3.8) is 0 Å². The van der Waals surface area contributed by atoms with Gasteiger partial charge < -0.3 is 24.7 Å². The number of aliphatic imine (C=N–C) groups is 1. The fourth-order valence-electron chi connectivity index (χ4n) is 2.39. The predicted octanol–water partition coefficient (Wildman–Crippen LogP) is 1.85. The van der Waals surface area contributed by atoms with Crippen LogP contribution in [0.25, 0.3) is 0 Å². The molecule has 8 nitrogen and oxygen atoms in total. The minimum absolute atomic E-state index is 0. The fraction of sp³-hybridized carbons (Fsp3) is 0.500. The first-order valence-corrected chi connectivity index (χ1v) is 8.78. The summed E-state index contributed by atoms with van der Waals surface area (Å²) in [5.41, 5.74) is 1.15. The Hall–Kier alpha value is -1.88. The summed E-state index contributed by atoms with van der Waals surface area (Å²) < 4.78 is 12.6. The maximum atomic E-state index is 5.56. The quantitative estimate of drug-likeness (QED) is 0.230. The van der Waals surface area contributed by atoms with E-state index in [9.17, 15) is 0 Å². The van der Waals surface area contributed by atoms with Crippen molar-refractivity contribution in [2.24, 2.45) is 4.99 Å². The van der Waals surface area contributed by atoms with Gasteiger partial charge in [0, 0.05) is 40.2 Å². The van der Waals surface area contributed by atoms with Crippen molar-refractivity contribution in [3.05, 3.63) is 42.0 Å². The zero-order chi connectivity index (χ0) is 18.6. The molecule has 0 bridgehead atoms. The van der Waals surface area contributed by atoms with Crippen LogP contribution in [0.2, 0.25) is 0 Å². The third kappa shape index (κ3) is 8.12. The van der Waals surface area contributed by atoms with E-state index in [0.29, 0.717) is 19.8 Å². The topological polar surface area (TPSA) is 85.6 Å². The molecule has 0 atom stereocenters. The molecule has 2 aromatic rings. The molecule has 0 spiro atoms. The second-order valence-electron chi connectivity index (χ2n) is 5.63. The second-order valence-corrected chi connectivity index (χ2v) is 5.63. The number of hydrogen-bond acceptors (Lipinski definition) is 5. The average Bonchev–Trinajstić information content (AvgIpc) is 3.13. The molecule has 1 heterocycles. The second kappa shape index (κ2) is 13.3. The average molecular weight is 488 g/mol. The van der Waals surface area contributed by atoms with Crippen LogP contribution in [0.5, 0.6) is 5.75 Å². The summed E-state index contributed by atoms with van der Waals surface area (Å²) in [4.78, 5) is 4.25. The van der Waals surface area contributed by atoms with Gasteiger partial charge in [-0.2, -0.15) is 0 Å². The summed E-state index contributed by atoms with van der Waals surface area (Å²) >= 11 is 0. The fourth-order valence-corrected chi connectivity index (χ4v) is 2.39. The van der Waals surface area contributed by atoms with Gasteiger partial charge >= 0.3 is 0 Å². The molecule has 2 rings (SSSR count). The van der Waals surface area contributed by atoms with Crippen molar-refractivity contribution in [2.45, 2.75) is 26.4 Å². The molecule has 1 aromatic carbocycles. The highest BCUT2D eigenvalue weighted by molar-refractivity contribution is 14.0. The molecule has 0 fully saturated rings. The molecule has 150 valence electrons. The van der Waals surface area contributed by atoms with Crippen LogP contribution >= 0.6 is 24.0 Å². The van der Waals surface area contributed by atoms with E-state index in [2.05, 4.69) is 32.7 Å². The van der Waals surface area contributed by atoms with Gasteiger partial charge in [-0.05, 0) is 17.7 Å². The van der Waals surface area contributed by atoms with E-state index in [4.69, 9.17) is 9.47 Å². The van der Waals surface area contributed by atoms with E-state index in [0.717, 1.165) is 42.6 Å². The van der Waals surface area contributed by atoms with Crippen LogP contribution in [0.15, 0.2) is 35.6 Å². The minimum atomic E-state index is 0. The third-order valence-corrected chi connectivity index (χ3v) is 3.82. The molecule has 0 amide bonds. The standard InChI is InChI=1S/C18H28N6O2.HI/c1-4-17-23-22-14-24(17)10-9-20-18(19-2)21-13-15-5-7-16(8-6-15)26-12-11-25-3;/h5-8,14H,4,9-13H2,1-3H3,(H2,19,20,21);1H. The first kappa shape index (κ1) is 23.2. The van der Waals surface area contributed by atoms with Crippen molar-refractivity contribution >= 4 is 29.9 Å². The Morgan fingerprint density at radius 1 is 1.19 bits per heavy atom. The molecule has 0 aliphatic heterocycles. The maximum absolute atomic E-state index is 5.56. The van der Waals surface area contributed by atoms with Gasteiger partial charge in [-0.15, -0.1) is 34.2 Å². The van der Waals surface area contributed by atoms with Crippen LogP contribution < -0.4 is 15.4 Å². The number of benzene rings is 1. The summed E-state index contributed by atoms with van der Waals surface area (Å²) in [5, 5.41) is 14.6. The molecule has 0 radical (unpaired) electrons. The molecule has 0 aliphatic carbocycles. The molecule has 1 aromatic heterocycles. The highest BCUT2D eigenvalue weighted by Crippen LogP contribution is 2.11. The molecular formula is C18H29IN6O2. The van der Waals surface area contributed by atoms with Crippen LogP contribution in [0.4, 0.5) is 0 Å². The molecule has 9 heteroatoms. The number of aryl methyl sites for hydroxylation is 1. The molecular weight excluding hydrogens is 459 g/mol. The van der Waals surface area contributed by atoms with Crippen LogP contribution in [0.1, 0.15) is 18.3 Å². The number of nitrogens with one attached hydrogen (secondary N) is 2. The largest absolute Gasteiger partial charge is 0.491 e. The monoisotopic (exact) mass is 488 g/mol. The van der Waals surface area contributed by atoms with E-state index < -0.39 is 0 Å². The lowest BCUT2D eigenvalue weighted by atomic mass is 10.2. The highest BCUT2D eigenvalue weighted by atomic mass is 127. The van der Waals surface area contributed by atoms with Gasteiger partial charge in [-0.25, -0.2) is 0 Å². The Kier molecular flexibility index (Phi) is 11.4. The summed E-state index contributed by atoms with van der Waals surface area (Å²) in [6.45, 7) is 5.44. The van der Waals surface area contributed by atoms with Crippen LogP contribution in [-0.2, 0) is 24.2 Å². The van der Waals surface area contributed by atoms with Crippen molar-refractivity contribution in [1.82, 2.24) is 25.4 Å². The molecule has 0 saturated carbocycles. The first-order valence-electron chi connectivity index (χ1n) is 8.78. The molecule has 0 saturated heterocycles. The predicted molar refractivity (Wildman–Crippen MR) is 117 cm³/mol. The van der Waals surface area contributed by atoms with Gasteiger partial charge in [0.05, 0.1) is 6.61 Å². The van der Waals surface area contributed by atoms with Crippen LogP contribution in [0, 0.1) is 0 Å². The number of hydrogen-bond donors (Lipinski definition) is 2. The zero-order valence-electron chi connectivity index (χ0n) is 16.1. The third-order valence-electron chi connectivity index (χ3n) is 3.82. The van der Waals surface area contributed by atoms with E-state index in [1.54, 1.807) is 20.5 Å². The lowest BCUT2D eigenvalue weighted by Gasteiger charge is -2.13. The van der Waals surface area contributed by atoms with Gasteiger partial charge in [0.1, 0.15) is 24.5 Å². The van der Waals surface area contributed by atoms with Crippen molar-refractivity contribution < 1.29 is 9.47 Å². The molecule has 2 N–H and O–H groups in total. The zero-order valence-corrected chi connectivity index (χ0v) is 18.5. The summed E-state index contributed by atoms with van der Waals surface area (Å²) in [5.74, 6) is 2.59. The number of halogens is 1. The number of ether oxygens (including phenoxy) is 2. The van der Waals surface area contributed by atoms with Gasteiger partial charge in [0.15, 0.2) is 5.96 Å². The number of methoxy groups -OCH3 is 1. The first-order chi connectivity index (χ1) is 12.8. The van der Waals surface area contributed by atoms with E-state index >= 15 is 0 Å². The number of nitrogens with zero attached hydrogens (tertiary/aromatic N) is 4. The molecule has 0 aliphatic rings. The van der Waals surface area contributed by atoms with E-state index in [1.807, 2.05) is 28.8 Å². The van der Waals surface area contributed by atoms with Gasteiger partial charge in [-0.1, -0.05) is 19.1 Å². The lowest BCUT2D eigenvalue weighted by molar-refractivity contribution is 0.146. The maximum Gasteiger partial charge on any atom is 0.191 e. The van der Waals surface area contributed by atoms with Crippen LogP contribution in [-0.4, -0.2) is 54.6 Å². The Morgan fingerprint density at radius 2 is 1.96 bits per heavy atom. The number of guanidine groups is 1. The van der Waals surface area contributed by atoms with Crippen molar-refractivity contribution in [1.29, 1.82) is 0 Å². The Morgan fingerprint density at radius 3 is 2.63 bits per heavy atom. The van der Waals surface area contributed by atoms with E-state index in [1.165, 1.54) is 0 Å². The molecule has 27 heavy (non-hydrogen) atoms. The van der Waals surface area contributed by atoms with Gasteiger partial charge in [0.25, 0.3) is 0 Å². The highest BCUT2D eigenvalue weighted by Gasteiger charge is 2.03. The Bertz CT molecular complexity index is 675. The van der Waals surface area contributed by atoms with Gasteiger partial charge in [0.2, 0.25) is 0 Å². The SMILES string of the molecule is CCc1nncn1CCNC(=NC)NCc1ccc(OCCOC)cc1.I. The summed E-state index contributed by atoms with van der Waals surface area (Å²) in [6, 6.07) is 7.99. The molecule has 0 unspecified atom stereocenters. The normalized spacial score (nSPS) is 11.0. The van der Waals surface area contributed by atoms with E-state index in [-0.39, 0.29) is 24.0 Å². The summed E-state index contributed by atoms with van der Waals surface area (Å²) in [7, 11) is 3.42. The lowest BCUT2D eigenvalue weighted by Crippen LogP contribution is -2.38. The van der Waals surface area contributed by atoms with Crippen molar-refractivity contribution in [2.75, 3.05) is 33.9 Å². The Labute approximate surface area is 177 Å². The summed E-state index contributed by atoms with van der Waals surface area (Å²) in [6.07, 6.45) is 2.63.